The first-order valence-electron chi connectivity index (χ1n) is 5.12. The zero-order valence-corrected chi connectivity index (χ0v) is 10.6. The van der Waals surface area contributed by atoms with Gasteiger partial charge in [0.2, 0.25) is 0 Å². The highest BCUT2D eigenvalue weighted by atomic mass is 79.9. The predicted octanol–water partition coefficient (Wildman–Crippen LogP) is 2.70. The Hall–Kier alpha value is -0.540. The van der Waals surface area contributed by atoms with E-state index in [0.717, 1.165) is 28.8 Å². The summed E-state index contributed by atoms with van der Waals surface area (Å²) in [6.07, 6.45) is 1.59. The molecule has 0 bridgehead atoms. The fourth-order valence-electron chi connectivity index (χ4n) is 1.94. The highest BCUT2D eigenvalue weighted by molar-refractivity contribution is 9.10. The summed E-state index contributed by atoms with van der Waals surface area (Å²) in [7, 11) is 0. The molecule has 0 saturated carbocycles. The molecule has 0 fully saturated rings. The van der Waals surface area contributed by atoms with Gasteiger partial charge in [0.15, 0.2) is 0 Å². The van der Waals surface area contributed by atoms with E-state index in [4.69, 9.17) is 4.74 Å². The highest BCUT2D eigenvalue weighted by Crippen LogP contribution is 2.34. The van der Waals surface area contributed by atoms with Gasteiger partial charge in [-0.25, -0.2) is 0 Å². The molecule has 0 amide bonds. The van der Waals surface area contributed by atoms with Crippen molar-refractivity contribution in [3.05, 3.63) is 27.7 Å². The first kappa shape index (κ1) is 11.0. The number of ether oxygens (including phenoxy) is 1. The monoisotopic (exact) mass is 270 g/mol. The van der Waals surface area contributed by atoms with Crippen LogP contribution < -0.4 is 4.74 Å². The zero-order chi connectivity index (χ0) is 11.1. The van der Waals surface area contributed by atoms with Crippen LogP contribution in [0, 0.1) is 0 Å². The third-order valence-electron chi connectivity index (χ3n) is 2.45. The smallest absolute Gasteiger partial charge is 0.125 e. The van der Waals surface area contributed by atoms with E-state index in [1.54, 1.807) is 0 Å². The van der Waals surface area contributed by atoms with Gasteiger partial charge >= 0.3 is 0 Å². The van der Waals surface area contributed by atoms with E-state index in [-0.39, 0.29) is 0 Å². The van der Waals surface area contributed by atoms with Crippen LogP contribution in [0.2, 0.25) is 0 Å². The van der Waals surface area contributed by atoms with Crippen molar-refractivity contribution in [1.82, 2.24) is 0 Å². The second-order valence-electron chi connectivity index (χ2n) is 4.64. The first-order chi connectivity index (χ1) is 6.96. The summed E-state index contributed by atoms with van der Waals surface area (Å²) in [6, 6.07) is 4.12. The molecular formula is C12H15BrO2. The molecule has 82 valence electrons. The molecule has 1 aliphatic rings. The second-order valence-corrected chi connectivity index (χ2v) is 5.56. The van der Waals surface area contributed by atoms with Crippen molar-refractivity contribution in [3.8, 4) is 5.75 Å². The zero-order valence-electron chi connectivity index (χ0n) is 9.01. The second kappa shape index (κ2) is 3.80. The van der Waals surface area contributed by atoms with Crippen LogP contribution in [0.4, 0.5) is 0 Å². The molecule has 15 heavy (non-hydrogen) atoms. The van der Waals surface area contributed by atoms with Crippen molar-refractivity contribution < 1.29 is 9.84 Å². The van der Waals surface area contributed by atoms with Gasteiger partial charge < -0.3 is 9.84 Å². The lowest BCUT2D eigenvalue weighted by atomic mass is 9.96. The van der Waals surface area contributed by atoms with E-state index in [9.17, 15) is 5.11 Å². The number of benzene rings is 1. The van der Waals surface area contributed by atoms with Gasteiger partial charge in [0.1, 0.15) is 5.75 Å². The maximum absolute atomic E-state index is 9.82. The summed E-state index contributed by atoms with van der Waals surface area (Å²) in [6.45, 7) is 4.38. The Kier molecular flexibility index (Phi) is 2.77. The lowest BCUT2D eigenvalue weighted by Crippen LogP contribution is -2.22. The van der Waals surface area contributed by atoms with Crippen LogP contribution in [-0.2, 0) is 12.8 Å². The van der Waals surface area contributed by atoms with Crippen LogP contribution >= 0.6 is 15.9 Å². The molecule has 1 aromatic rings. The minimum absolute atomic E-state index is 0.620. The fraction of sp³-hybridized carbons (Fsp3) is 0.500. The van der Waals surface area contributed by atoms with Gasteiger partial charge in [-0.15, -0.1) is 0 Å². The summed E-state index contributed by atoms with van der Waals surface area (Å²) < 4.78 is 6.66. The Morgan fingerprint density at radius 2 is 2.20 bits per heavy atom. The SMILES string of the molecule is CC(C)(O)Cc1cc(Br)cc2c1OCC2. The third-order valence-corrected chi connectivity index (χ3v) is 2.91. The fourth-order valence-corrected chi connectivity index (χ4v) is 2.50. The van der Waals surface area contributed by atoms with Crippen molar-refractivity contribution in [1.29, 1.82) is 0 Å². The molecule has 2 nitrogen and oxygen atoms in total. The molecule has 1 aliphatic heterocycles. The average molecular weight is 271 g/mol. The molecule has 0 atom stereocenters. The van der Waals surface area contributed by atoms with Crippen molar-refractivity contribution in [3.63, 3.8) is 0 Å². The molecular weight excluding hydrogens is 256 g/mol. The third kappa shape index (κ3) is 2.52. The largest absolute Gasteiger partial charge is 0.493 e. The van der Waals surface area contributed by atoms with Crippen molar-refractivity contribution >= 4 is 15.9 Å². The molecule has 1 aromatic carbocycles. The Labute approximate surface area is 98.4 Å². The summed E-state index contributed by atoms with van der Waals surface area (Å²) in [5.74, 6) is 0.973. The molecule has 1 N–H and O–H groups in total. The minimum Gasteiger partial charge on any atom is -0.493 e. The molecule has 2 rings (SSSR count). The highest BCUT2D eigenvalue weighted by Gasteiger charge is 2.22. The van der Waals surface area contributed by atoms with E-state index in [1.807, 2.05) is 19.9 Å². The van der Waals surface area contributed by atoms with Crippen molar-refractivity contribution in [2.75, 3.05) is 6.61 Å². The first-order valence-corrected chi connectivity index (χ1v) is 5.91. The number of fused-ring (bicyclic) bond motifs is 1. The molecule has 1 heterocycles. The van der Waals surface area contributed by atoms with Gasteiger partial charge in [0.05, 0.1) is 12.2 Å². The van der Waals surface area contributed by atoms with Gasteiger partial charge in [-0.2, -0.15) is 0 Å². The van der Waals surface area contributed by atoms with Crippen molar-refractivity contribution in [2.45, 2.75) is 32.3 Å². The number of aliphatic hydroxyl groups is 1. The quantitative estimate of drug-likeness (QED) is 0.896. The molecule has 0 aromatic heterocycles. The Balaban J connectivity index is 2.39. The van der Waals surface area contributed by atoms with E-state index in [0.29, 0.717) is 6.42 Å². The Bertz CT molecular complexity index is 380. The molecule has 0 spiro atoms. The maximum atomic E-state index is 9.82. The van der Waals surface area contributed by atoms with Gasteiger partial charge in [-0.3, -0.25) is 0 Å². The Morgan fingerprint density at radius 1 is 1.47 bits per heavy atom. The number of hydrogen-bond acceptors (Lipinski definition) is 2. The topological polar surface area (TPSA) is 29.5 Å². The van der Waals surface area contributed by atoms with Gasteiger partial charge in [-0.1, -0.05) is 15.9 Å². The molecule has 0 aliphatic carbocycles. The standard InChI is InChI=1S/C12H15BrO2/c1-12(2,14)7-9-6-10(13)5-8-3-4-15-11(8)9/h5-6,14H,3-4,7H2,1-2H3. The van der Waals surface area contributed by atoms with Crippen LogP contribution in [0.5, 0.6) is 5.75 Å². The maximum Gasteiger partial charge on any atom is 0.125 e. The number of hydrogen-bond donors (Lipinski definition) is 1. The number of rotatable bonds is 2. The van der Waals surface area contributed by atoms with E-state index >= 15 is 0 Å². The summed E-state index contributed by atoms with van der Waals surface area (Å²) >= 11 is 3.49. The van der Waals surface area contributed by atoms with Crippen molar-refractivity contribution in [2.24, 2.45) is 0 Å². The number of halogens is 1. The van der Waals surface area contributed by atoms with Crippen LogP contribution in [0.3, 0.4) is 0 Å². The van der Waals surface area contributed by atoms with E-state index in [2.05, 4.69) is 22.0 Å². The summed E-state index contributed by atoms with van der Waals surface area (Å²) in [5.41, 5.74) is 1.63. The molecule has 0 unspecified atom stereocenters. The van der Waals surface area contributed by atoms with Crippen LogP contribution in [-0.4, -0.2) is 17.3 Å². The van der Waals surface area contributed by atoms with E-state index in [1.165, 1.54) is 5.56 Å². The lowest BCUT2D eigenvalue weighted by Gasteiger charge is -2.19. The molecule has 0 radical (unpaired) electrons. The van der Waals surface area contributed by atoms with Gasteiger partial charge in [-0.05, 0) is 37.1 Å². The normalized spacial score (nSPS) is 14.9. The van der Waals surface area contributed by atoms with Gasteiger partial charge in [0.25, 0.3) is 0 Å². The Morgan fingerprint density at radius 3 is 2.87 bits per heavy atom. The van der Waals surface area contributed by atoms with E-state index < -0.39 is 5.60 Å². The van der Waals surface area contributed by atoms with Gasteiger partial charge in [0, 0.05) is 17.3 Å². The van der Waals surface area contributed by atoms with Crippen LogP contribution in [0.25, 0.3) is 0 Å². The molecule has 0 saturated heterocycles. The average Bonchev–Trinajstić information content (AvgIpc) is 2.48. The predicted molar refractivity (Wildman–Crippen MR) is 63.3 cm³/mol. The minimum atomic E-state index is -0.694. The van der Waals surface area contributed by atoms with Crippen LogP contribution in [0.15, 0.2) is 16.6 Å². The summed E-state index contributed by atoms with van der Waals surface area (Å²) in [5, 5.41) is 9.82. The lowest BCUT2D eigenvalue weighted by molar-refractivity contribution is 0.0802. The van der Waals surface area contributed by atoms with Crippen LogP contribution in [0.1, 0.15) is 25.0 Å². The summed E-state index contributed by atoms with van der Waals surface area (Å²) in [4.78, 5) is 0. The molecule has 3 heteroatoms.